The number of carbonyl (C=O) groups excluding carboxylic acids is 1. The Morgan fingerprint density at radius 3 is 2.36 bits per heavy atom. The number of fused-ring (bicyclic) bond motifs is 1. The van der Waals surface area contributed by atoms with Gasteiger partial charge in [-0.1, -0.05) is 31.9 Å². The van der Waals surface area contributed by atoms with E-state index in [0.717, 1.165) is 36.8 Å². The van der Waals surface area contributed by atoms with Crippen molar-refractivity contribution in [1.29, 1.82) is 0 Å². The lowest BCUT2D eigenvalue weighted by atomic mass is 10.0. The van der Waals surface area contributed by atoms with Gasteiger partial charge in [0.05, 0.1) is 22.0 Å². The maximum Gasteiger partial charge on any atom is 0.251 e. The fraction of sp³-hybridized carbons (Fsp3) is 0.400. The van der Waals surface area contributed by atoms with E-state index < -0.39 is 21.2 Å². The number of nitrogens with one attached hydrogen (secondary N) is 1. The summed E-state index contributed by atoms with van der Waals surface area (Å²) in [6.07, 6.45) is 4.67. The summed E-state index contributed by atoms with van der Waals surface area (Å²) in [5.74, 6) is -0.957. The van der Waals surface area contributed by atoms with Crippen LogP contribution in [0.15, 0.2) is 36.4 Å². The molecule has 176 valence electrons. The third-order valence-electron chi connectivity index (χ3n) is 6.53. The predicted octanol–water partition coefficient (Wildman–Crippen LogP) is 5.37. The van der Waals surface area contributed by atoms with E-state index in [1.807, 2.05) is 13.0 Å². The van der Waals surface area contributed by atoms with Gasteiger partial charge in [0.25, 0.3) is 5.91 Å². The number of carbonyl (C=O) groups is 1. The summed E-state index contributed by atoms with van der Waals surface area (Å²) in [4.78, 5) is 12.6. The van der Waals surface area contributed by atoms with Gasteiger partial charge in [0, 0.05) is 17.1 Å². The highest BCUT2D eigenvalue weighted by atomic mass is 32.2. The van der Waals surface area contributed by atoms with Gasteiger partial charge in [0.1, 0.15) is 5.82 Å². The number of benzene rings is 2. The highest BCUT2D eigenvalue weighted by Gasteiger charge is 2.29. The zero-order valence-corrected chi connectivity index (χ0v) is 20.0. The zero-order chi connectivity index (χ0) is 23.9. The lowest BCUT2D eigenvalue weighted by molar-refractivity contribution is 0.100. The van der Waals surface area contributed by atoms with E-state index >= 15 is 0 Å². The van der Waals surface area contributed by atoms with Gasteiger partial charge in [0.15, 0.2) is 0 Å². The fourth-order valence-electron chi connectivity index (χ4n) is 4.70. The van der Waals surface area contributed by atoms with Gasteiger partial charge in [-0.2, -0.15) is 0 Å². The summed E-state index contributed by atoms with van der Waals surface area (Å²) in [6, 6.07) is 10.4. The second-order valence-corrected chi connectivity index (χ2v) is 11.2. The molecule has 0 aliphatic heterocycles. The number of aromatic nitrogens is 1. The molecule has 0 radical (unpaired) electrons. The first-order chi connectivity index (χ1) is 15.6. The summed E-state index contributed by atoms with van der Waals surface area (Å²) in [5, 5.41) is -0.0464. The molecule has 1 heterocycles. The SMILES string of the molecule is CCc1cc2c(cc1F)c(C(N)=O)c(-c1ccc(NS(=O)(=O)C(C)C)cc1)n2C1CCCC1. The molecule has 1 amide bonds. The van der Waals surface area contributed by atoms with E-state index in [9.17, 15) is 17.6 Å². The second-order valence-electron chi connectivity index (χ2n) is 8.98. The topological polar surface area (TPSA) is 94.2 Å². The van der Waals surface area contributed by atoms with Gasteiger partial charge >= 0.3 is 0 Å². The van der Waals surface area contributed by atoms with Gasteiger partial charge in [-0.15, -0.1) is 0 Å². The Bertz CT molecular complexity index is 1310. The molecule has 6 nitrogen and oxygen atoms in total. The van der Waals surface area contributed by atoms with Crippen molar-refractivity contribution >= 4 is 32.5 Å². The average molecular weight is 472 g/mol. The number of primary amides is 1. The Balaban J connectivity index is 1.93. The number of nitrogens with zero attached hydrogens (tertiary/aromatic N) is 1. The molecule has 0 bridgehead atoms. The van der Waals surface area contributed by atoms with Crippen molar-refractivity contribution in [3.05, 3.63) is 53.3 Å². The summed E-state index contributed by atoms with van der Waals surface area (Å²) in [6.45, 7) is 5.12. The second kappa shape index (κ2) is 8.82. The number of hydrogen-bond donors (Lipinski definition) is 2. The molecule has 1 fully saturated rings. The van der Waals surface area contributed by atoms with Crippen LogP contribution in [0.1, 0.15) is 68.4 Å². The molecule has 1 saturated carbocycles. The van der Waals surface area contributed by atoms with E-state index in [1.54, 1.807) is 38.1 Å². The number of anilines is 1. The van der Waals surface area contributed by atoms with E-state index in [-0.39, 0.29) is 11.9 Å². The molecule has 8 heteroatoms. The highest BCUT2D eigenvalue weighted by molar-refractivity contribution is 7.93. The highest BCUT2D eigenvalue weighted by Crippen LogP contribution is 2.42. The van der Waals surface area contributed by atoms with Crippen molar-refractivity contribution in [2.45, 2.75) is 64.2 Å². The lowest BCUT2D eigenvalue weighted by Gasteiger charge is -2.19. The van der Waals surface area contributed by atoms with Crippen LogP contribution in [-0.4, -0.2) is 24.1 Å². The maximum atomic E-state index is 14.7. The Morgan fingerprint density at radius 1 is 1.18 bits per heavy atom. The standard InChI is InChI=1S/C25H30FN3O3S/c1-4-16-13-22-20(14-21(16)26)23(25(27)30)24(29(22)19-7-5-6-8-19)17-9-11-18(12-10-17)28-33(31,32)15(2)3/h9-15,19,28H,4-8H2,1-3H3,(H2,27,30). The monoisotopic (exact) mass is 471 g/mol. The van der Waals surface area contributed by atoms with Crippen LogP contribution in [0.5, 0.6) is 0 Å². The Kier molecular flexibility index (Phi) is 6.22. The first-order valence-electron chi connectivity index (χ1n) is 11.4. The Hall–Kier alpha value is -2.87. The third-order valence-corrected chi connectivity index (χ3v) is 8.29. The minimum absolute atomic E-state index is 0.185. The van der Waals surface area contributed by atoms with Crippen LogP contribution in [0.25, 0.3) is 22.2 Å². The molecule has 33 heavy (non-hydrogen) atoms. The minimum atomic E-state index is -3.48. The van der Waals surface area contributed by atoms with Crippen LogP contribution in [0, 0.1) is 5.82 Å². The largest absolute Gasteiger partial charge is 0.366 e. The summed E-state index contributed by atoms with van der Waals surface area (Å²) >= 11 is 0. The Morgan fingerprint density at radius 2 is 1.82 bits per heavy atom. The summed E-state index contributed by atoms with van der Waals surface area (Å²) in [7, 11) is -3.48. The van der Waals surface area contributed by atoms with Crippen molar-refractivity contribution in [3.63, 3.8) is 0 Å². The molecule has 0 saturated heterocycles. The van der Waals surface area contributed by atoms with Crippen molar-refractivity contribution in [2.75, 3.05) is 4.72 Å². The molecule has 4 rings (SSSR count). The van der Waals surface area contributed by atoms with Crippen LogP contribution in [-0.2, 0) is 16.4 Å². The number of nitrogens with two attached hydrogens (primary N) is 1. The van der Waals surface area contributed by atoms with Crippen molar-refractivity contribution in [1.82, 2.24) is 4.57 Å². The average Bonchev–Trinajstić information content (AvgIpc) is 3.38. The van der Waals surface area contributed by atoms with Gasteiger partial charge in [-0.25, -0.2) is 12.8 Å². The number of amides is 1. The normalized spacial score (nSPS) is 14.9. The molecule has 1 aromatic heterocycles. The molecule has 3 aromatic rings. The Labute approximate surface area is 194 Å². The van der Waals surface area contributed by atoms with E-state index in [1.165, 1.54) is 6.07 Å². The molecule has 2 aromatic carbocycles. The number of halogens is 1. The van der Waals surface area contributed by atoms with Crippen LogP contribution in [0.4, 0.5) is 10.1 Å². The lowest BCUT2D eigenvalue weighted by Crippen LogP contribution is -2.22. The maximum absolute atomic E-state index is 14.7. The van der Waals surface area contributed by atoms with Gasteiger partial charge in [-0.3, -0.25) is 9.52 Å². The third kappa shape index (κ3) is 4.24. The van der Waals surface area contributed by atoms with Crippen molar-refractivity contribution in [3.8, 4) is 11.3 Å². The molecule has 0 unspecified atom stereocenters. The smallest absolute Gasteiger partial charge is 0.251 e. The molecular formula is C25H30FN3O3S. The number of hydrogen-bond acceptors (Lipinski definition) is 3. The van der Waals surface area contributed by atoms with E-state index in [0.29, 0.717) is 34.3 Å². The quantitative estimate of drug-likeness (QED) is 0.485. The summed E-state index contributed by atoms with van der Waals surface area (Å²) < 4.78 is 43.9. The van der Waals surface area contributed by atoms with Crippen LogP contribution < -0.4 is 10.5 Å². The van der Waals surface area contributed by atoms with E-state index in [4.69, 9.17) is 5.73 Å². The molecule has 3 N–H and O–H groups in total. The number of aryl methyl sites for hydroxylation is 1. The van der Waals surface area contributed by atoms with Crippen molar-refractivity contribution < 1.29 is 17.6 Å². The number of sulfonamides is 1. The first kappa shape index (κ1) is 23.3. The summed E-state index contributed by atoms with van der Waals surface area (Å²) in [5.41, 5.74) is 9.38. The molecule has 0 atom stereocenters. The fourth-order valence-corrected chi connectivity index (χ4v) is 5.40. The van der Waals surface area contributed by atoms with Crippen LogP contribution in [0.2, 0.25) is 0 Å². The predicted molar refractivity (Wildman–Crippen MR) is 130 cm³/mol. The molecular weight excluding hydrogens is 441 g/mol. The first-order valence-corrected chi connectivity index (χ1v) is 13.0. The number of rotatable bonds is 7. The van der Waals surface area contributed by atoms with Gasteiger partial charge < -0.3 is 10.3 Å². The molecule has 1 aliphatic rings. The zero-order valence-electron chi connectivity index (χ0n) is 19.2. The van der Waals surface area contributed by atoms with E-state index in [2.05, 4.69) is 9.29 Å². The minimum Gasteiger partial charge on any atom is -0.366 e. The van der Waals surface area contributed by atoms with Gasteiger partial charge in [-0.05, 0) is 68.5 Å². The van der Waals surface area contributed by atoms with Gasteiger partial charge in [0.2, 0.25) is 10.0 Å². The van der Waals surface area contributed by atoms with Crippen LogP contribution >= 0.6 is 0 Å². The molecule has 1 aliphatic carbocycles. The van der Waals surface area contributed by atoms with Crippen molar-refractivity contribution in [2.24, 2.45) is 5.73 Å². The molecule has 0 spiro atoms. The van der Waals surface area contributed by atoms with Crippen LogP contribution in [0.3, 0.4) is 0 Å².